The first kappa shape index (κ1) is 13.8. The Bertz CT molecular complexity index is 508. The van der Waals surface area contributed by atoms with Crippen LogP contribution >= 0.6 is 31.9 Å². The second-order valence-corrected chi connectivity index (χ2v) is 6.12. The molecule has 0 heterocycles. The van der Waals surface area contributed by atoms with Crippen molar-refractivity contribution in [3.63, 3.8) is 0 Å². The Morgan fingerprint density at radius 2 is 1.72 bits per heavy atom. The zero-order chi connectivity index (χ0) is 13.0. The first-order valence-electron chi connectivity index (χ1n) is 5.88. The van der Waals surface area contributed by atoms with Crippen molar-refractivity contribution in [1.82, 2.24) is 5.32 Å². The molecule has 2 rings (SSSR count). The highest BCUT2D eigenvalue weighted by Gasteiger charge is 2.04. The maximum Gasteiger partial charge on any atom is 0.0295 e. The van der Waals surface area contributed by atoms with Crippen LogP contribution in [0.1, 0.15) is 24.1 Å². The molecule has 1 nitrogen and oxygen atoms in total. The summed E-state index contributed by atoms with van der Waals surface area (Å²) in [7, 11) is 0. The van der Waals surface area contributed by atoms with Gasteiger partial charge in [0.2, 0.25) is 0 Å². The van der Waals surface area contributed by atoms with Gasteiger partial charge in [-0.25, -0.2) is 0 Å². The number of rotatable bonds is 4. The van der Waals surface area contributed by atoms with E-state index in [0.29, 0.717) is 6.04 Å². The lowest BCUT2D eigenvalue weighted by Gasteiger charge is -2.14. The minimum Gasteiger partial charge on any atom is -0.306 e. The van der Waals surface area contributed by atoms with E-state index in [9.17, 15) is 0 Å². The minimum atomic E-state index is 0.339. The predicted octanol–water partition coefficient (Wildman–Crippen LogP) is 5.06. The first-order valence-corrected chi connectivity index (χ1v) is 7.47. The molecule has 2 aromatic rings. The van der Waals surface area contributed by atoms with E-state index >= 15 is 0 Å². The lowest BCUT2D eigenvalue weighted by atomic mass is 10.1. The summed E-state index contributed by atoms with van der Waals surface area (Å²) in [5.41, 5.74) is 2.58. The minimum absolute atomic E-state index is 0.339. The van der Waals surface area contributed by atoms with Gasteiger partial charge in [0.05, 0.1) is 0 Å². The van der Waals surface area contributed by atoms with E-state index in [1.807, 2.05) is 6.07 Å². The summed E-state index contributed by atoms with van der Waals surface area (Å²) in [4.78, 5) is 0. The summed E-state index contributed by atoms with van der Waals surface area (Å²) in [6.07, 6.45) is 0. The molecule has 3 heteroatoms. The molecular formula is C15H15Br2N. The molecule has 2 aromatic carbocycles. The number of hydrogen-bond acceptors (Lipinski definition) is 1. The highest BCUT2D eigenvalue weighted by atomic mass is 79.9. The van der Waals surface area contributed by atoms with E-state index in [0.717, 1.165) is 15.5 Å². The fourth-order valence-corrected chi connectivity index (χ4v) is 2.45. The summed E-state index contributed by atoms with van der Waals surface area (Å²) < 4.78 is 2.24. The quantitative estimate of drug-likeness (QED) is 0.794. The topological polar surface area (TPSA) is 12.0 Å². The van der Waals surface area contributed by atoms with Crippen LogP contribution in [0.3, 0.4) is 0 Å². The SMILES string of the molecule is C[C@@H](NCc1ccc(Br)cc1)c1cccc(Br)c1. The second kappa shape index (κ2) is 6.50. The van der Waals surface area contributed by atoms with Crippen molar-refractivity contribution in [2.24, 2.45) is 0 Å². The fourth-order valence-electron chi connectivity index (χ4n) is 1.77. The van der Waals surface area contributed by atoms with Gasteiger partial charge in [0.25, 0.3) is 0 Å². The first-order chi connectivity index (χ1) is 8.65. The third kappa shape index (κ3) is 3.94. The van der Waals surface area contributed by atoms with Crippen molar-refractivity contribution in [3.8, 4) is 0 Å². The molecule has 0 radical (unpaired) electrons. The van der Waals surface area contributed by atoms with Gasteiger partial charge < -0.3 is 5.32 Å². The van der Waals surface area contributed by atoms with E-state index in [1.54, 1.807) is 0 Å². The Morgan fingerprint density at radius 3 is 2.39 bits per heavy atom. The van der Waals surface area contributed by atoms with Crippen LogP contribution in [0.4, 0.5) is 0 Å². The van der Waals surface area contributed by atoms with Gasteiger partial charge in [-0.2, -0.15) is 0 Å². The summed E-state index contributed by atoms with van der Waals surface area (Å²) in [5.74, 6) is 0. The zero-order valence-corrected chi connectivity index (χ0v) is 13.3. The molecule has 0 bridgehead atoms. The number of hydrogen-bond donors (Lipinski definition) is 1. The summed E-state index contributed by atoms with van der Waals surface area (Å²) in [5, 5.41) is 3.53. The van der Waals surface area contributed by atoms with Gasteiger partial charge in [-0.05, 0) is 42.3 Å². The van der Waals surface area contributed by atoms with Gasteiger partial charge >= 0.3 is 0 Å². The van der Waals surface area contributed by atoms with E-state index in [1.165, 1.54) is 11.1 Å². The molecule has 0 spiro atoms. The summed E-state index contributed by atoms with van der Waals surface area (Å²) in [6.45, 7) is 3.06. The number of benzene rings is 2. The van der Waals surface area contributed by atoms with Crippen LogP contribution in [0.25, 0.3) is 0 Å². The van der Waals surface area contributed by atoms with Gasteiger partial charge in [0, 0.05) is 21.5 Å². The van der Waals surface area contributed by atoms with Crippen LogP contribution in [0.5, 0.6) is 0 Å². The largest absolute Gasteiger partial charge is 0.306 e. The lowest BCUT2D eigenvalue weighted by molar-refractivity contribution is 0.574. The van der Waals surface area contributed by atoms with Gasteiger partial charge in [-0.15, -0.1) is 0 Å². The average molecular weight is 369 g/mol. The summed E-state index contributed by atoms with van der Waals surface area (Å²) >= 11 is 6.95. The Labute approximate surface area is 125 Å². The van der Waals surface area contributed by atoms with Crippen molar-refractivity contribution in [2.45, 2.75) is 19.5 Å². The molecule has 1 N–H and O–H groups in total. The Hall–Kier alpha value is -0.640. The Kier molecular flexibility index (Phi) is 4.98. The number of halogens is 2. The van der Waals surface area contributed by atoms with E-state index in [-0.39, 0.29) is 0 Å². The summed E-state index contributed by atoms with van der Waals surface area (Å²) in [6, 6.07) is 17.1. The molecule has 0 amide bonds. The third-order valence-electron chi connectivity index (χ3n) is 2.87. The van der Waals surface area contributed by atoms with Gasteiger partial charge in [0.15, 0.2) is 0 Å². The molecule has 0 saturated heterocycles. The molecule has 0 aromatic heterocycles. The maximum absolute atomic E-state index is 3.53. The molecule has 18 heavy (non-hydrogen) atoms. The molecule has 1 atom stereocenters. The lowest BCUT2D eigenvalue weighted by Crippen LogP contribution is -2.17. The van der Waals surface area contributed by atoms with Gasteiger partial charge in [0.1, 0.15) is 0 Å². The predicted molar refractivity (Wildman–Crippen MR) is 83.5 cm³/mol. The maximum atomic E-state index is 3.53. The fraction of sp³-hybridized carbons (Fsp3) is 0.200. The molecule has 94 valence electrons. The van der Waals surface area contributed by atoms with Crippen LogP contribution in [0, 0.1) is 0 Å². The average Bonchev–Trinajstić information content (AvgIpc) is 2.38. The smallest absolute Gasteiger partial charge is 0.0295 e. The van der Waals surface area contributed by atoms with Crippen LogP contribution in [-0.4, -0.2) is 0 Å². The second-order valence-electron chi connectivity index (χ2n) is 4.28. The monoisotopic (exact) mass is 367 g/mol. The Morgan fingerprint density at radius 1 is 1.00 bits per heavy atom. The number of nitrogens with one attached hydrogen (secondary N) is 1. The molecule has 0 aliphatic carbocycles. The van der Waals surface area contributed by atoms with Crippen LogP contribution in [0.15, 0.2) is 57.5 Å². The molecular weight excluding hydrogens is 354 g/mol. The van der Waals surface area contributed by atoms with Crippen molar-refractivity contribution in [3.05, 3.63) is 68.6 Å². The van der Waals surface area contributed by atoms with Crippen LogP contribution in [0.2, 0.25) is 0 Å². The van der Waals surface area contributed by atoms with Crippen molar-refractivity contribution >= 4 is 31.9 Å². The van der Waals surface area contributed by atoms with E-state index in [2.05, 4.69) is 86.6 Å². The molecule has 0 aliphatic rings. The van der Waals surface area contributed by atoms with Gasteiger partial charge in [-0.1, -0.05) is 56.1 Å². The molecule has 0 fully saturated rings. The Balaban J connectivity index is 1.96. The normalized spacial score (nSPS) is 12.4. The molecule has 0 saturated carbocycles. The van der Waals surface area contributed by atoms with Gasteiger partial charge in [-0.3, -0.25) is 0 Å². The molecule has 0 aliphatic heterocycles. The van der Waals surface area contributed by atoms with Crippen LogP contribution < -0.4 is 5.32 Å². The molecule has 0 unspecified atom stereocenters. The van der Waals surface area contributed by atoms with Crippen molar-refractivity contribution in [1.29, 1.82) is 0 Å². The zero-order valence-electron chi connectivity index (χ0n) is 10.2. The highest BCUT2D eigenvalue weighted by Crippen LogP contribution is 2.18. The highest BCUT2D eigenvalue weighted by molar-refractivity contribution is 9.10. The third-order valence-corrected chi connectivity index (χ3v) is 3.90. The van der Waals surface area contributed by atoms with Crippen LogP contribution in [-0.2, 0) is 6.54 Å². The van der Waals surface area contributed by atoms with E-state index in [4.69, 9.17) is 0 Å². The standard InChI is InChI=1S/C15H15Br2N/c1-11(13-3-2-4-15(17)9-13)18-10-12-5-7-14(16)8-6-12/h2-9,11,18H,10H2,1H3/t11-/m1/s1. The van der Waals surface area contributed by atoms with Crippen molar-refractivity contribution < 1.29 is 0 Å². The van der Waals surface area contributed by atoms with E-state index < -0.39 is 0 Å². The van der Waals surface area contributed by atoms with Crippen molar-refractivity contribution in [2.75, 3.05) is 0 Å².